The van der Waals surface area contributed by atoms with E-state index in [0.29, 0.717) is 47.0 Å². The average molecular weight is 434 g/mol. The summed E-state index contributed by atoms with van der Waals surface area (Å²) in [5.41, 5.74) is 1.80. The van der Waals surface area contributed by atoms with Crippen molar-refractivity contribution >= 4 is 27.5 Å². The lowest BCUT2D eigenvalue weighted by Gasteiger charge is -2.33. The number of benzene rings is 1. The standard InChI is InChI=1S/C22H18N4O4S/c27-14-5-3-4-13(10-14)17-11-26(8-9-30-17)22(29)15-12-31-19-18(15)24-20(25-21(19)28)16-6-1-2-7-23-16/h1-7,10,12,17,27H,8-9,11H2,(H,24,25,28). The smallest absolute Gasteiger partial charge is 0.269 e. The van der Waals surface area contributed by atoms with E-state index in [1.807, 2.05) is 12.1 Å². The lowest BCUT2D eigenvalue weighted by Crippen LogP contribution is -2.42. The van der Waals surface area contributed by atoms with E-state index < -0.39 is 0 Å². The van der Waals surface area contributed by atoms with Crippen LogP contribution in [0, 0.1) is 0 Å². The number of phenols is 1. The van der Waals surface area contributed by atoms with Crippen molar-refractivity contribution in [2.24, 2.45) is 0 Å². The van der Waals surface area contributed by atoms with E-state index in [1.165, 1.54) is 11.3 Å². The Morgan fingerprint density at radius 2 is 2.16 bits per heavy atom. The third-order valence-corrected chi connectivity index (χ3v) is 6.13. The van der Waals surface area contributed by atoms with Crippen LogP contribution < -0.4 is 5.56 Å². The molecule has 1 aliphatic heterocycles. The van der Waals surface area contributed by atoms with Gasteiger partial charge in [-0.25, -0.2) is 4.98 Å². The van der Waals surface area contributed by atoms with Gasteiger partial charge in [-0.2, -0.15) is 0 Å². The second-order valence-electron chi connectivity index (χ2n) is 7.16. The van der Waals surface area contributed by atoms with Gasteiger partial charge in [0.05, 0.1) is 18.7 Å². The summed E-state index contributed by atoms with van der Waals surface area (Å²) in [6.45, 7) is 1.15. The molecule has 1 saturated heterocycles. The summed E-state index contributed by atoms with van der Waals surface area (Å²) < 4.78 is 6.22. The van der Waals surface area contributed by atoms with Gasteiger partial charge in [-0.05, 0) is 29.8 Å². The minimum absolute atomic E-state index is 0.152. The molecule has 4 heterocycles. The van der Waals surface area contributed by atoms with Gasteiger partial charge in [0.1, 0.15) is 27.8 Å². The molecular weight excluding hydrogens is 416 g/mol. The lowest BCUT2D eigenvalue weighted by molar-refractivity contribution is -0.0228. The van der Waals surface area contributed by atoms with Crippen molar-refractivity contribution in [2.45, 2.75) is 6.10 Å². The third-order valence-electron chi connectivity index (χ3n) is 5.16. The maximum absolute atomic E-state index is 13.3. The fraction of sp³-hybridized carbons (Fsp3) is 0.182. The molecular formula is C22H18N4O4S. The molecule has 0 spiro atoms. The van der Waals surface area contributed by atoms with E-state index >= 15 is 0 Å². The number of fused-ring (bicyclic) bond motifs is 1. The summed E-state index contributed by atoms with van der Waals surface area (Å²) in [6, 6.07) is 12.2. The van der Waals surface area contributed by atoms with Crippen molar-refractivity contribution in [3.05, 3.63) is 75.5 Å². The number of ether oxygens (including phenoxy) is 1. The van der Waals surface area contributed by atoms with E-state index in [4.69, 9.17) is 4.74 Å². The highest BCUT2D eigenvalue weighted by Crippen LogP contribution is 2.28. The van der Waals surface area contributed by atoms with Gasteiger partial charge in [-0.15, -0.1) is 11.3 Å². The first kappa shape index (κ1) is 19.4. The highest BCUT2D eigenvalue weighted by atomic mass is 32.1. The average Bonchev–Trinajstić information content (AvgIpc) is 3.24. The summed E-state index contributed by atoms with van der Waals surface area (Å²) >= 11 is 1.20. The second-order valence-corrected chi connectivity index (χ2v) is 8.04. The van der Waals surface area contributed by atoms with Gasteiger partial charge in [0.2, 0.25) is 0 Å². The van der Waals surface area contributed by atoms with E-state index in [2.05, 4.69) is 15.0 Å². The van der Waals surface area contributed by atoms with Gasteiger partial charge in [-0.3, -0.25) is 14.6 Å². The summed E-state index contributed by atoms with van der Waals surface area (Å²) in [5, 5.41) is 11.4. The molecule has 0 saturated carbocycles. The highest BCUT2D eigenvalue weighted by Gasteiger charge is 2.28. The largest absolute Gasteiger partial charge is 0.508 e. The number of nitrogens with one attached hydrogen (secondary N) is 1. The quantitative estimate of drug-likeness (QED) is 0.513. The lowest BCUT2D eigenvalue weighted by atomic mass is 10.1. The summed E-state index contributed by atoms with van der Waals surface area (Å²) in [7, 11) is 0. The Balaban J connectivity index is 1.48. The number of rotatable bonds is 3. The minimum atomic E-state index is -0.338. The zero-order chi connectivity index (χ0) is 21.4. The van der Waals surface area contributed by atoms with Crippen molar-refractivity contribution in [3.63, 3.8) is 0 Å². The molecule has 4 aromatic rings. The number of aromatic hydroxyl groups is 1. The fourth-order valence-corrected chi connectivity index (χ4v) is 4.51. The summed E-state index contributed by atoms with van der Waals surface area (Å²) in [6.07, 6.45) is 1.28. The van der Waals surface area contributed by atoms with Gasteiger partial charge >= 0.3 is 0 Å². The molecule has 1 unspecified atom stereocenters. The van der Waals surface area contributed by atoms with Crippen LogP contribution in [-0.4, -0.2) is 50.6 Å². The minimum Gasteiger partial charge on any atom is -0.508 e. The number of hydrogen-bond acceptors (Lipinski definition) is 7. The highest BCUT2D eigenvalue weighted by molar-refractivity contribution is 7.17. The number of aromatic nitrogens is 3. The number of amides is 1. The number of H-pyrrole nitrogens is 1. The van der Waals surface area contributed by atoms with Crippen LogP contribution in [0.15, 0.2) is 58.8 Å². The van der Waals surface area contributed by atoms with Crippen LogP contribution in [0.1, 0.15) is 22.0 Å². The molecule has 0 bridgehead atoms. The van der Waals surface area contributed by atoms with Crippen molar-refractivity contribution in [3.8, 4) is 17.3 Å². The Morgan fingerprint density at radius 3 is 2.97 bits per heavy atom. The Hall–Kier alpha value is -3.56. The van der Waals surface area contributed by atoms with Crippen LogP contribution in [-0.2, 0) is 4.74 Å². The number of thiophene rings is 1. The SMILES string of the molecule is O=C(c1csc2c(=O)[nH]c(-c3ccccn3)nc12)N1CCOC(c2cccc(O)c2)C1. The number of aromatic amines is 1. The van der Waals surface area contributed by atoms with Crippen LogP contribution in [0.3, 0.4) is 0 Å². The Kier molecular flexibility index (Phi) is 4.97. The second kappa shape index (κ2) is 7.93. The number of phenolic OH excluding ortho intramolecular Hbond substituents is 1. The number of nitrogens with zero attached hydrogens (tertiary/aromatic N) is 3. The topological polar surface area (TPSA) is 108 Å². The van der Waals surface area contributed by atoms with E-state index in [9.17, 15) is 14.7 Å². The van der Waals surface area contributed by atoms with Crippen LogP contribution >= 0.6 is 11.3 Å². The molecule has 1 atom stereocenters. The van der Waals surface area contributed by atoms with Crippen molar-refractivity contribution in [1.29, 1.82) is 0 Å². The summed E-state index contributed by atoms with van der Waals surface area (Å²) in [4.78, 5) is 39.1. The molecule has 1 fully saturated rings. The first-order chi connectivity index (χ1) is 15.1. The number of morpholine rings is 1. The zero-order valence-electron chi connectivity index (χ0n) is 16.3. The molecule has 0 aliphatic carbocycles. The number of pyridine rings is 1. The molecule has 0 radical (unpaired) electrons. The van der Waals surface area contributed by atoms with Crippen LogP contribution in [0.4, 0.5) is 0 Å². The monoisotopic (exact) mass is 434 g/mol. The van der Waals surface area contributed by atoms with Gasteiger partial charge in [0, 0.05) is 18.1 Å². The Labute approximate surface area is 180 Å². The van der Waals surface area contributed by atoms with Gasteiger partial charge < -0.3 is 19.7 Å². The maximum atomic E-state index is 13.3. The molecule has 5 rings (SSSR count). The predicted octanol–water partition coefficient (Wildman–Crippen LogP) is 2.97. The van der Waals surface area contributed by atoms with Crippen LogP contribution in [0.2, 0.25) is 0 Å². The van der Waals surface area contributed by atoms with E-state index in [0.717, 1.165) is 5.56 Å². The predicted molar refractivity (Wildman–Crippen MR) is 116 cm³/mol. The normalized spacial score (nSPS) is 16.5. The van der Waals surface area contributed by atoms with Crippen molar-refractivity contribution in [2.75, 3.05) is 19.7 Å². The molecule has 1 aliphatic rings. The van der Waals surface area contributed by atoms with Gasteiger partial charge in [-0.1, -0.05) is 18.2 Å². The van der Waals surface area contributed by atoms with E-state index in [1.54, 1.807) is 46.8 Å². The third kappa shape index (κ3) is 3.69. The fourth-order valence-electron chi connectivity index (χ4n) is 3.63. The zero-order valence-corrected chi connectivity index (χ0v) is 17.1. The van der Waals surface area contributed by atoms with E-state index in [-0.39, 0.29) is 23.3 Å². The molecule has 9 heteroatoms. The summed E-state index contributed by atoms with van der Waals surface area (Å²) in [5.74, 6) is 0.272. The van der Waals surface area contributed by atoms with Crippen LogP contribution in [0.5, 0.6) is 5.75 Å². The molecule has 1 amide bonds. The van der Waals surface area contributed by atoms with Crippen LogP contribution in [0.25, 0.3) is 21.7 Å². The molecule has 8 nitrogen and oxygen atoms in total. The molecule has 31 heavy (non-hydrogen) atoms. The Bertz CT molecular complexity index is 1320. The van der Waals surface area contributed by atoms with Crippen molar-refractivity contribution < 1.29 is 14.6 Å². The molecule has 1 aromatic carbocycles. The first-order valence-corrected chi connectivity index (χ1v) is 10.6. The van der Waals surface area contributed by atoms with Crippen molar-refractivity contribution in [1.82, 2.24) is 19.9 Å². The first-order valence-electron chi connectivity index (χ1n) is 9.73. The number of carbonyl (C=O) groups excluding carboxylic acids is 1. The molecule has 3 aromatic heterocycles. The maximum Gasteiger partial charge on any atom is 0.269 e. The van der Waals surface area contributed by atoms with Gasteiger partial charge in [0.15, 0.2) is 5.82 Å². The van der Waals surface area contributed by atoms with Gasteiger partial charge in [0.25, 0.3) is 11.5 Å². The Morgan fingerprint density at radius 1 is 1.26 bits per heavy atom. The molecule has 2 N–H and O–H groups in total. The number of carbonyl (C=O) groups is 1. The number of hydrogen-bond donors (Lipinski definition) is 2. The molecule has 156 valence electrons.